The Bertz CT molecular complexity index is 1240. The standard InChI is InChI=1S/C23H21N3O8/c1-10-23(34-11(2)27)15(25-26-24)8-18(33-10)32-9-12-6-14-20(17(29)7-12)22(31)19-13(21(14)30)4-3-5-16(19)28/h3-7,10,15,18,23,28-29H,8-9H2,1-2H3/t10?,15-,18-,23-/m0/s1. The minimum absolute atomic E-state index is 0.00140. The first-order chi connectivity index (χ1) is 16.2. The van der Waals surface area contributed by atoms with E-state index in [9.17, 15) is 24.6 Å². The van der Waals surface area contributed by atoms with Gasteiger partial charge >= 0.3 is 5.97 Å². The molecule has 2 aromatic carbocycles. The number of ketones is 2. The quantitative estimate of drug-likeness (QED) is 0.250. The van der Waals surface area contributed by atoms with Gasteiger partial charge in [0, 0.05) is 29.4 Å². The zero-order valence-corrected chi connectivity index (χ0v) is 18.3. The van der Waals surface area contributed by atoms with Gasteiger partial charge in [-0.05, 0) is 36.2 Å². The van der Waals surface area contributed by atoms with Crippen molar-refractivity contribution in [3.8, 4) is 11.5 Å². The average Bonchev–Trinajstić information content (AvgIpc) is 2.77. The maximum absolute atomic E-state index is 13.0. The summed E-state index contributed by atoms with van der Waals surface area (Å²) in [6.07, 6.45) is -2.07. The van der Waals surface area contributed by atoms with Crippen molar-refractivity contribution in [1.82, 2.24) is 0 Å². The van der Waals surface area contributed by atoms with Crippen LogP contribution in [0.2, 0.25) is 0 Å². The van der Waals surface area contributed by atoms with Crippen molar-refractivity contribution < 1.29 is 38.8 Å². The highest BCUT2D eigenvalue weighted by Crippen LogP contribution is 2.37. The lowest BCUT2D eigenvalue weighted by atomic mass is 9.82. The van der Waals surface area contributed by atoms with Gasteiger partial charge in [0.25, 0.3) is 0 Å². The summed E-state index contributed by atoms with van der Waals surface area (Å²) < 4.78 is 16.7. The van der Waals surface area contributed by atoms with E-state index in [1.807, 2.05) is 0 Å². The summed E-state index contributed by atoms with van der Waals surface area (Å²) in [6, 6.07) is 6.24. The van der Waals surface area contributed by atoms with Crippen molar-refractivity contribution in [3.63, 3.8) is 0 Å². The Hall–Kier alpha value is -3.92. The number of benzene rings is 2. The number of rotatable bonds is 5. The van der Waals surface area contributed by atoms with E-state index in [1.54, 1.807) is 6.92 Å². The number of phenolic OH excluding ortho intramolecular Hbond substituents is 2. The van der Waals surface area contributed by atoms with Crippen LogP contribution in [0.5, 0.6) is 11.5 Å². The van der Waals surface area contributed by atoms with Gasteiger partial charge in [-0.25, -0.2) is 0 Å². The number of esters is 1. The van der Waals surface area contributed by atoms with Crippen LogP contribution in [0.25, 0.3) is 10.4 Å². The Labute approximate surface area is 193 Å². The molecule has 4 atom stereocenters. The van der Waals surface area contributed by atoms with Crippen LogP contribution < -0.4 is 0 Å². The van der Waals surface area contributed by atoms with E-state index in [0.29, 0.717) is 5.56 Å². The van der Waals surface area contributed by atoms with Gasteiger partial charge in [0.2, 0.25) is 5.78 Å². The molecule has 0 radical (unpaired) electrons. The Morgan fingerprint density at radius 1 is 1.18 bits per heavy atom. The molecule has 176 valence electrons. The van der Waals surface area contributed by atoms with Crippen LogP contribution in [0.3, 0.4) is 0 Å². The minimum atomic E-state index is -0.814. The molecule has 1 aliphatic heterocycles. The zero-order valence-electron chi connectivity index (χ0n) is 18.3. The fourth-order valence-corrected chi connectivity index (χ4v) is 4.28. The monoisotopic (exact) mass is 467 g/mol. The molecule has 11 heteroatoms. The summed E-state index contributed by atoms with van der Waals surface area (Å²) in [5.41, 5.74) is 8.99. The highest BCUT2D eigenvalue weighted by Gasteiger charge is 2.39. The first kappa shape index (κ1) is 23.2. The van der Waals surface area contributed by atoms with Crippen LogP contribution >= 0.6 is 0 Å². The van der Waals surface area contributed by atoms with E-state index in [2.05, 4.69) is 10.0 Å². The molecule has 1 aliphatic carbocycles. The van der Waals surface area contributed by atoms with Gasteiger partial charge in [-0.2, -0.15) is 0 Å². The van der Waals surface area contributed by atoms with Crippen LogP contribution in [-0.4, -0.2) is 52.3 Å². The smallest absolute Gasteiger partial charge is 0.303 e. The normalized spacial score (nSPS) is 23.5. The van der Waals surface area contributed by atoms with Crippen LogP contribution in [0, 0.1) is 0 Å². The molecule has 1 heterocycles. The van der Waals surface area contributed by atoms with Crippen molar-refractivity contribution in [3.05, 3.63) is 68.6 Å². The lowest BCUT2D eigenvalue weighted by molar-refractivity contribution is -0.233. The number of fused-ring (bicyclic) bond motifs is 2. The number of carbonyl (C=O) groups excluding carboxylic acids is 3. The van der Waals surface area contributed by atoms with E-state index < -0.39 is 47.8 Å². The molecule has 4 rings (SSSR count). The molecular formula is C23H21N3O8. The van der Waals surface area contributed by atoms with Gasteiger partial charge in [-0.3, -0.25) is 14.4 Å². The first-order valence-electron chi connectivity index (χ1n) is 10.5. The molecule has 0 bridgehead atoms. The van der Waals surface area contributed by atoms with Crippen LogP contribution in [0.4, 0.5) is 0 Å². The summed E-state index contributed by atoms with van der Waals surface area (Å²) >= 11 is 0. The van der Waals surface area contributed by atoms with E-state index in [4.69, 9.17) is 19.7 Å². The molecule has 34 heavy (non-hydrogen) atoms. The summed E-state index contributed by atoms with van der Waals surface area (Å²) in [5, 5.41) is 24.2. The third-order valence-corrected chi connectivity index (χ3v) is 5.74. The molecule has 11 nitrogen and oxygen atoms in total. The van der Waals surface area contributed by atoms with Crippen LogP contribution in [0.1, 0.15) is 57.7 Å². The van der Waals surface area contributed by atoms with E-state index in [1.165, 1.54) is 37.3 Å². The molecule has 1 fully saturated rings. The third-order valence-electron chi connectivity index (χ3n) is 5.74. The number of aromatic hydroxyl groups is 2. The maximum atomic E-state index is 13.0. The predicted octanol–water partition coefficient (Wildman–Crippen LogP) is 3.14. The topological polar surface area (TPSA) is 168 Å². The number of carbonyl (C=O) groups is 3. The lowest BCUT2D eigenvalue weighted by Crippen LogP contribution is -2.48. The number of phenols is 2. The van der Waals surface area contributed by atoms with E-state index >= 15 is 0 Å². The van der Waals surface area contributed by atoms with Gasteiger partial charge in [0.15, 0.2) is 12.1 Å². The number of azide groups is 1. The minimum Gasteiger partial charge on any atom is -0.507 e. The SMILES string of the molecule is CC(=O)O[C@H]1C(C)O[C@H](OCc2cc(O)c3c(c2)C(=O)c2cccc(O)c2C3=O)C[C@@H]1N=[N+]=[N-]. The van der Waals surface area contributed by atoms with Crippen molar-refractivity contribution in [1.29, 1.82) is 0 Å². The average molecular weight is 467 g/mol. The molecule has 1 saturated heterocycles. The summed E-state index contributed by atoms with van der Waals surface area (Å²) in [5.74, 6) is -2.43. The second kappa shape index (κ2) is 9.14. The van der Waals surface area contributed by atoms with Gasteiger partial charge in [-0.15, -0.1) is 0 Å². The molecular weight excluding hydrogens is 446 g/mol. The van der Waals surface area contributed by atoms with Gasteiger partial charge in [-0.1, -0.05) is 17.2 Å². The van der Waals surface area contributed by atoms with Crippen molar-refractivity contribution >= 4 is 17.5 Å². The molecule has 0 amide bonds. The van der Waals surface area contributed by atoms with Crippen LogP contribution in [0.15, 0.2) is 35.4 Å². The Morgan fingerprint density at radius 3 is 2.62 bits per heavy atom. The van der Waals surface area contributed by atoms with Crippen molar-refractivity contribution in [2.75, 3.05) is 0 Å². The number of ether oxygens (including phenoxy) is 3. The van der Waals surface area contributed by atoms with Crippen molar-refractivity contribution in [2.45, 2.75) is 51.4 Å². The molecule has 2 aliphatic rings. The second-order valence-corrected chi connectivity index (χ2v) is 8.06. The van der Waals surface area contributed by atoms with E-state index in [-0.39, 0.29) is 41.0 Å². The Balaban J connectivity index is 1.54. The fraction of sp³-hybridized carbons (Fsp3) is 0.348. The van der Waals surface area contributed by atoms with Crippen LogP contribution in [-0.2, 0) is 25.6 Å². The number of hydrogen-bond acceptors (Lipinski definition) is 9. The summed E-state index contributed by atoms with van der Waals surface area (Å²) in [6.45, 7) is 2.81. The first-order valence-corrected chi connectivity index (χ1v) is 10.5. The summed E-state index contributed by atoms with van der Waals surface area (Å²) in [7, 11) is 0. The highest BCUT2D eigenvalue weighted by molar-refractivity contribution is 6.30. The number of hydrogen-bond donors (Lipinski definition) is 2. The van der Waals surface area contributed by atoms with Gasteiger partial charge in [0.1, 0.15) is 17.6 Å². The molecule has 0 saturated carbocycles. The zero-order chi connectivity index (χ0) is 24.6. The Morgan fingerprint density at radius 2 is 1.91 bits per heavy atom. The third kappa shape index (κ3) is 4.19. The van der Waals surface area contributed by atoms with E-state index in [0.717, 1.165) is 0 Å². The number of nitrogens with zero attached hydrogens (tertiary/aromatic N) is 3. The fourth-order valence-electron chi connectivity index (χ4n) is 4.28. The molecule has 0 spiro atoms. The molecule has 2 N–H and O–H groups in total. The lowest BCUT2D eigenvalue weighted by Gasteiger charge is -2.37. The Kier molecular flexibility index (Phi) is 6.25. The molecule has 1 unspecified atom stereocenters. The largest absolute Gasteiger partial charge is 0.507 e. The second-order valence-electron chi connectivity index (χ2n) is 8.06. The van der Waals surface area contributed by atoms with Crippen molar-refractivity contribution in [2.24, 2.45) is 5.11 Å². The molecule has 0 aromatic heterocycles. The maximum Gasteiger partial charge on any atom is 0.303 e. The summed E-state index contributed by atoms with van der Waals surface area (Å²) in [4.78, 5) is 40.0. The predicted molar refractivity (Wildman–Crippen MR) is 115 cm³/mol. The van der Waals surface area contributed by atoms with Gasteiger partial charge < -0.3 is 24.4 Å². The highest BCUT2D eigenvalue weighted by atomic mass is 16.7. The van der Waals surface area contributed by atoms with Gasteiger partial charge in [0.05, 0.1) is 29.9 Å². The molecule has 2 aromatic rings.